The highest BCUT2D eigenvalue weighted by Gasteiger charge is 2.21. The van der Waals surface area contributed by atoms with Crippen LogP contribution in [-0.2, 0) is 0 Å². The van der Waals surface area contributed by atoms with E-state index >= 15 is 0 Å². The van der Waals surface area contributed by atoms with Gasteiger partial charge < -0.3 is 0 Å². The van der Waals surface area contributed by atoms with Crippen LogP contribution in [0.2, 0.25) is 0 Å². The summed E-state index contributed by atoms with van der Waals surface area (Å²) in [6.45, 7) is 0. The third-order valence-corrected chi connectivity index (χ3v) is 2.63. The van der Waals surface area contributed by atoms with Crippen LogP contribution in [0.3, 0.4) is 0 Å². The summed E-state index contributed by atoms with van der Waals surface area (Å²) in [5.41, 5.74) is 0.833. The lowest BCUT2D eigenvalue weighted by atomic mass is 9.92. The molecule has 18 heavy (non-hydrogen) atoms. The molecule has 3 heteroatoms. The molecule has 2 nitrogen and oxygen atoms in total. The van der Waals surface area contributed by atoms with Gasteiger partial charge in [-0.2, -0.15) is 5.26 Å². The first-order valence-electron chi connectivity index (χ1n) is 5.46. The van der Waals surface area contributed by atoms with Crippen molar-refractivity contribution in [1.82, 2.24) is 0 Å². The van der Waals surface area contributed by atoms with E-state index in [9.17, 15) is 9.18 Å². The molecule has 0 amide bonds. The van der Waals surface area contributed by atoms with Crippen molar-refractivity contribution in [3.8, 4) is 6.07 Å². The van der Waals surface area contributed by atoms with Gasteiger partial charge in [0, 0.05) is 5.56 Å². The van der Waals surface area contributed by atoms with Crippen molar-refractivity contribution in [3.05, 3.63) is 71.5 Å². The highest BCUT2D eigenvalue weighted by molar-refractivity contribution is 6.02. The van der Waals surface area contributed by atoms with Gasteiger partial charge in [0.1, 0.15) is 11.7 Å². The molecule has 0 saturated carbocycles. The second kappa shape index (κ2) is 5.24. The average molecular weight is 239 g/mol. The van der Waals surface area contributed by atoms with E-state index in [0.29, 0.717) is 11.1 Å². The number of carbonyl (C=O) groups excluding carboxylic acids is 1. The Morgan fingerprint density at radius 3 is 2.44 bits per heavy atom. The molecule has 2 aromatic carbocycles. The van der Waals surface area contributed by atoms with Crippen molar-refractivity contribution in [2.24, 2.45) is 0 Å². The second-order valence-corrected chi connectivity index (χ2v) is 3.85. The lowest BCUT2D eigenvalue weighted by molar-refractivity contribution is 0.0979. The number of nitrogens with zero attached hydrogens (tertiary/aromatic N) is 1. The third kappa shape index (κ3) is 2.44. The van der Waals surface area contributed by atoms with Crippen LogP contribution in [0.4, 0.5) is 4.39 Å². The monoisotopic (exact) mass is 239 g/mol. The fraction of sp³-hybridized carbons (Fsp3) is 0.0667. The quantitative estimate of drug-likeness (QED) is 0.771. The van der Waals surface area contributed by atoms with Crippen LogP contribution < -0.4 is 0 Å². The van der Waals surface area contributed by atoms with Gasteiger partial charge in [-0.1, -0.05) is 42.5 Å². The molecule has 0 bridgehead atoms. The minimum atomic E-state index is -0.969. The third-order valence-electron chi connectivity index (χ3n) is 2.63. The maximum Gasteiger partial charge on any atom is 0.184 e. The van der Waals surface area contributed by atoms with Crippen molar-refractivity contribution in [3.63, 3.8) is 0 Å². The number of hydrogen-bond acceptors (Lipinski definition) is 2. The first-order valence-corrected chi connectivity index (χ1v) is 5.46. The minimum Gasteiger partial charge on any atom is -0.292 e. The predicted molar refractivity (Wildman–Crippen MR) is 65.5 cm³/mol. The Morgan fingerprint density at radius 1 is 1.11 bits per heavy atom. The SMILES string of the molecule is N#CC(C(=O)c1ccccc1)c1cccc(F)c1. The second-order valence-electron chi connectivity index (χ2n) is 3.85. The van der Waals surface area contributed by atoms with Crippen LogP contribution in [-0.4, -0.2) is 5.78 Å². The van der Waals surface area contributed by atoms with E-state index in [1.165, 1.54) is 18.2 Å². The topological polar surface area (TPSA) is 40.9 Å². The zero-order valence-electron chi connectivity index (χ0n) is 9.51. The molecule has 2 rings (SSSR count). The van der Waals surface area contributed by atoms with Gasteiger partial charge in [-0.3, -0.25) is 4.79 Å². The number of nitriles is 1. The summed E-state index contributed by atoms with van der Waals surface area (Å²) in [6.07, 6.45) is 0. The van der Waals surface area contributed by atoms with Crippen LogP contribution in [0, 0.1) is 17.1 Å². The minimum absolute atomic E-state index is 0.316. The van der Waals surface area contributed by atoms with Gasteiger partial charge in [-0.15, -0.1) is 0 Å². The molecule has 1 unspecified atom stereocenters. The standard InChI is InChI=1S/C15H10FNO/c16-13-8-4-7-12(9-13)14(10-17)15(18)11-5-2-1-3-6-11/h1-9,14H. The maximum absolute atomic E-state index is 13.1. The van der Waals surface area contributed by atoms with E-state index in [-0.39, 0.29) is 5.78 Å². The van der Waals surface area contributed by atoms with Crippen molar-refractivity contribution in [2.75, 3.05) is 0 Å². The molecular weight excluding hydrogens is 229 g/mol. The maximum atomic E-state index is 13.1. The molecule has 0 radical (unpaired) electrons. The molecular formula is C15H10FNO. The molecule has 88 valence electrons. The van der Waals surface area contributed by atoms with Crippen molar-refractivity contribution >= 4 is 5.78 Å². The van der Waals surface area contributed by atoms with Crippen molar-refractivity contribution < 1.29 is 9.18 Å². The van der Waals surface area contributed by atoms with Crippen LogP contribution in [0.25, 0.3) is 0 Å². The zero-order chi connectivity index (χ0) is 13.0. The molecule has 0 N–H and O–H groups in total. The molecule has 0 spiro atoms. The number of benzene rings is 2. The summed E-state index contributed by atoms with van der Waals surface area (Å²) in [5.74, 6) is -1.74. The molecule has 0 heterocycles. The first-order chi connectivity index (χ1) is 8.72. The van der Waals surface area contributed by atoms with Gasteiger partial charge in [0.15, 0.2) is 5.78 Å². The lowest BCUT2D eigenvalue weighted by Gasteiger charge is -2.08. The normalized spacial score (nSPS) is 11.6. The molecule has 0 aliphatic heterocycles. The summed E-state index contributed by atoms with van der Waals surface area (Å²) in [6, 6.07) is 16.0. The smallest absolute Gasteiger partial charge is 0.184 e. The summed E-state index contributed by atoms with van der Waals surface area (Å²) < 4.78 is 13.1. The Labute approximate surface area is 104 Å². The number of halogens is 1. The highest BCUT2D eigenvalue weighted by Crippen LogP contribution is 2.21. The predicted octanol–water partition coefficient (Wildman–Crippen LogP) is 3.32. The van der Waals surface area contributed by atoms with Crippen LogP contribution >= 0.6 is 0 Å². The molecule has 0 aromatic heterocycles. The molecule has 2 aromatic rings. The van der Waals surface area contributed by atoms with E-state index in [1.807, 2.05) is 6.07 Å². The van der Waals surface area contributed by atoms with Gasteiger partial charge in [0.05, 0.1) is 6.07 Å². The first kappa shape index (κ1) is 12.0. The number of rotatable bonds is 3. The van der Waals surface area contributed by atoms with Gasteiger partial charge in [0.25, 0.3) is 0 Å². The Morgan fingerprint density at radius 2 is 1.83 bits per heavy atom. The van der Waals surface area contributed by atoms with E-state index in [4.69, 9.17) is 5.26 Å². The molecule has 0 aliphatic carbocycles. The molecule has 0 saturated heterocycles. The zero-order valence-corrected chi connectivity index (χ0v) is 9.51. The van der Waals surface area contributed by atoms with E-state index < -0.39 is 11.7 Å². The van der Waals surface area contributed by atoms with Gasteiger partial charge in [0.2, 0.25) is 0 Å². The summed E-state index contributed by atoms with van der Waals surface area (Å²) in [5, 5.41) is 9.11. The molecule has 1 atom stereocenters. The number of hydrogen-bond donors (Lipinski definition) is 0. The van der Waals surface area contributed by atoms with Crippen LogP contribution in [0.1, 0.15) is 21.8 Å². The number of Topliss-reactive ketones (excluding diaryl/α,β-unsaturated/α-hetero) is 1. The summed E-state index contributed by atoms with van der Waals surface area (Å²) >= 11 is 0. The largest absolute Gasteiger partial charge is 0.292 e. The highest BCUT2D eigenvalue weighted by atomic mass is 19.1. The van der Waals surface area contributed by atoms with Gasteiger partial charge >= 0.3 is 0 Å². The average Bonchev–Trinajstić information content (AvgIpc) is 2.40. The van der Waals surface area contributed by atoms with Crippen molar-refractivity contribution in [2.45, 2.75) is 5.92 Å². The summed E-state index contributed by atoms with van der Waals surface area (Å²) in [4.78, 5) is 12.1. The van der Waals surface area contributed by atoms with Gasteiger partial charge in [-0.25, -0.2) is 4.39 Å². The van der Waals surface area contributed by atoms with E-state index in [2.05, 4.69) is 0 Å². The van der Waals surface area contributed by atoms with Crippen LogP contribution in [0.15, 0.2) is 54.6 Å². The summed E-state index contributed by atoms with van der Waals surface area (Å²) in [7, 11) is 0. The molecule has 0 aliphatic rings. The number of carbonyl (C=O) groups is 1. The Kier molecular flexibility index (Phi) is 3.49. The number of ketones is 1. The Hall–Kier alpha value is -2.47. The van der Waals surface area contributed by atoms with E-state index in [1.54, 1.807) is 36.4 Å². The van der Waals surface area contributed by atoms with Crippen molar-refractivity contribution in [1.29, 1.82) is 5.26 Å². The molecule has 0 fully saturated rings. The van der Waals surface area contributed by atoms with E-state index in [0.717, 1.165) is 0 Å². The van der Waals surface area contributed by atoms with Crippen LogP contribution in [0.5, 0.6) is 0 Å². The van der Waals surface area contributed by atoms with Gasteiger partial charge in [-0.05, 0) is 17.7 Å². The Bertz CT molecular complexity index is 601. The fourth-order valence-corrected chi connectivity index (χ4v) is 1.74. The fourth-order valence-electron chi connectivity index (χ4n) is 1.74. The lowest BCUT2D eigenvalue weighted by Crippen LogP contribution is -2.11. The Balaban J connectivity index is 2.36.